The highest BCUT2D eigenvalue weighted by Gasteiger charge is 2.31. The first-order valence-electron chi connectivity index (χ1n) is 6.48. The van der Waals surface area contributed by atoms with Gasteiger partial charge in [-0.15, -0.1) is 11.3 Å². The number of rotatable bonds is 4. The molecular weight excluding hydrogens is 304 g/mol. The zero-order valence-corrected chi connectivity index (χ0v) is 11.7. The zero-order valence-electron chi connectivity index (χ0n) is 10.9. The molecule has 1 aliphatic rings. The lowest BCUT2D eigenvalue weighted by Gasteiger charge is -2.08. The predicted octanol–water partition coefficient (Wildman–Crippen LogP) is 4.22. The first kappa shape index (κ1) is 14.5. The molecule has 1 aliphatic carbocycles. The van der Waals surface area contributed by atoms with Crippen LogP contribution in [0.3, 0.4) is 0 Å². The Labute approximate surface area is 122 Å². The van der Waals surface area contributed by atoms with E-state index in [0.29, 0.717) is 23.7 Å². The van der Waals surface area contributed by atoms with E-state index in [4.69, 9.17) is 0 Å². The Balaban J connectivity index is 1.83. The van der Waals surface area contributed by atoms with Crippen LogP contribution in [0.15, 0.2) is 23.6 Å². The van der Waals surface area contributed by atoms with Crippen molar-refractivity contribution in [1.82, 2.24) is 10.3 Å². The third kappa shape index (κ3) is 3.59. The van der Waals surface area contributed by atoms with Crippen LogP contribution in [0.2, 0.25) is 0 Å². The lowest BCUT2D eigenvalue weighted by atomic mass is 10.1. The molecule has 112 valence electrons. The van der Waals surface area contributed by atoms with Crippen molar-refractivity contribution in [1.29, 1.82) is 0 Å². The van der Waals surface area contributed by atoms with Gasteiger partial charge in [0.05, 0.1) is 11.3 Å². The molecule has 1 aromatic heterocycles. The van der Waals surface area contributed by atoms with Crippen LogP contribution < -0.4 is 5.32 Å². The first-order valence-corrected chi connectivity index (χ1v) is 7.36. The van der Waals surface area contributed by atoms with E-state index in [0.717, 1.165) is 30.7 Å². The maximum Gasteiger partial charge on any atom is 0.416 e. The Morgan fingerprint density at radius 2 is 2.00 bits per heavy atom. The van der Waals surface area contributed by atoms with Crippen molar-refractivity contribution in [2.75, 3.05) is 0 Å². The Morgan fingerprint density at radius 1 is 1.24 bits per heavy atom. The Bertz CT molecular complexity index is 647. The highest BCUT2D eigenvalue weighted by Crippen LogP contribution is 2.34. The minimum Gasteiger partial charge on any atom is -0.308 e. The second kappa shape index (κ2) is 5.38. The summed E-state index contributed by atoms with van der Waals surface area (Å²) < 4.78 is 51.5. The molecular formula is C14H12F4N2S. The maximum absolute atomic E-state index is 13.4. The standard InChI is InChI=1S/C14H12F4N2S/c15-10-4-8(3-9(5-10)14(16,17)18)13-20-12(7-21-13)6-19-11-1-2-11/h3-5,7,11,19H,1-2,6H2. The molecule has 0 radical (unpaired) electrons. The van der Waals surface area contributed by atoms with Crippen molar-refractivity contribution in [3.8, 4) is 10.6 Å². The molecule has 0 saturated heterocycles. The second-order valence-corrected chi connectivity index (χ2v) is 5.88. The fourth-order valence-corrected chi connectivity index (χ4v) is 2.74. The highest BCUT2D eigenvalue weighted by molar-refractivity contribution is 7.13. The monoisotopic (exact) mass is 316 g/mol. The molecule has 0 amide bonds. The number of halogens is 4. The van der Waals surface area contributed by atoms with Crippen LogP contribution in [0.4, 0.5) is 17.6 Å². The summed E-state index contributed by atoms with van der Waals surface area (Å²) in [6.07, 6.45) is -2.27. The normalized spacial score (nSPS) is 15.4. The van der Waals surface area contributed by atoms with Gasteiger partial charge >= 0.3 is 6.18 Å². The van der Waals surface area contributed by atoms with Gasteiger partial charge in [-0.3, -0.25) is 0 Å². The van der Waals surface area contributed by atoms with Crippen LogP contribution in [0.5, 0.6) is 0 Å². The summed E-state index contributed by atoms with van der Waals surface area (Å²) in [6.45, 7) is 0.586. The molecule has 3 rings (SSSR count). The van der Waals surface area contributed by atoms with E-state index in [1.807, 2.05) is 0 Å². The molecule has 0 atom stereocenters. The summed E-state index contributed by atoms with van der Waals surface area (Å²) in [4.78, 5) is 4.27. The molecule has 2 aromatic rings. The SMILES string of the molecule is Fc1cc(-c2nc(CNC3CC3)cs2)cc(C(F)(F)F)c1. The molecule has 0 aliphatic heterocycles. The molecule has 7 heteroatoms. The molecule has 1 heterocycles. The topological polar surface area (TPSA) is 24.9 Å². The van der Waals surface area contributed by atoms with Gasteiger partial charge in [0.15, 0.2) is 0 Å². The fraction of sp³-hybridized carbons (Fsp3) is 0.357. The number of thiazole rings is 1. The Hall–Kier alpha value is -1.47. The lowest BCUT2D eigenvalue weighted by molar-refractivity contribution is -0.137. The fourth-order valence-electron chi connectivity index (χ4n) is 1.93. The summed E-state index contributed by atoms with van der Waals surface area (Å²) in [5.41, 5.74) is -0.0740. The summed E-state index contributed by atoms with van der Waals surface area (Å²) in [5, 5.41) is 5.45. The molecule has 1 aromatic carbocycles. The van der Waals surface area contributed by atoms with Gasteiger partial charge in [-0.2, -0.15) is 13.2 Å². The smallest absolute Gasteiger partial charge is 0.308 e. The minimum atomic E-state index is -4.57. The molecule has 2 nitrogen and oxygen atoms in total. The van der Waals surface area contributed by atoms with Crippen molar-refractivity contribution in [2.24, 2.45) is 0 Å². The molecule has 0 bridgehead atoms. The molecule has 1 N–H and O–H groups in total. The number of hydrogen-bond acceptors (Lipinski definition) is 3. The number of hydrogen-bond donors (Lipinski definition) is 1. The third-order valence-corrected chi connectivity index (χ3v) is 4.11. The summed E-state index contributed by atoms with van der Waals surface area (Å²) in [7, 11) is 0. The largest absolute Gasteiger partial charge is 0.416 e. The average Bonchev–Trinajstić information content (AvgIpc) is 3.11. The van der Waals surface area contributed by atoms with Crippen LogP contribution in [0, 0.1) is 5.82 Å². The number of benzene rings is 1. The van der Waals surface area contributed by atoms with Gasteiger partial charge in [0, 0.05) is 23.5 Å². The van der Waals surface area contributed by atoms with Crippen molar-refractivity contribution in [3.05, 3.63) is 40.7 Å². The van der Waals surface area contributed by atoms with Gasteiger partial charge in [0.25, 0.3) is 0 Å². The number of aromatic nitrogens is 1. The van der Waals surface area contributed by atoms with Crippen LogP contribution in [0.25, 0.3) is 10.6 Å². The van der Waals surface area contributed by atoms with Crippen molar-refractivity contribution >= 4 is 11.3 Å². The van der Waals surface area contributed by atoms with E-state index in [2.05, 4.69) is 10.3 Å². The maximum atomic E-state index is 13.4. The summed E-state index contributed by atoms with van der Waals surface area (Å²) in [6, 6.07) is 3.03. The second-order valence-electron chi connectivity index (χ2n) is 5.03. The number of nitrogens with zero attached hydrogens (tertiary/aromatic N) is 1. The van der Waals surface area contributed by atoms with E-state index >= 15 is 0 Å². The highest BCUT2D eigenvalue weighted by atomic mass is 32.1. The molecule has 1 fully saturated rings. The van der Waals surface area contributed by atoms with Crippen LogP contribution >= 0.6 is 11.3 Å². The van der Waals surface area contributed by atoms with Gasteiger partial charge in [0.1, 0.15) is 10.8 Å². The van der Waals surface area contributed by atoms with Gasteiger partial charge in [-0.25, -0.2) is 9.37 Å². The Kier molecular flexibility index (Phi) is 3.71. The number of nitrogens with one attached hydrogen (secondary N) is 1. The quantitative estimate of drug-likeness (QED) is 0.854. The predicted molar refractivity (Wildman–Crippen MR) is 72.4 cm³/mol. The van der Waals surface area contributed by atoms with Gasteiger partial charge in [0.2, 0.25) is 0 Å². The lowest BCUT2D eigenvalue weighted by Crippen LogP contribution is -2.15. The van der Waals surface area contributed by atoms with Crippen molar-refractivity contribution < 1.29 is 17.6 Å². The van der Waals surface area contributed by atoms with Crippen LogP contribution in [-0.2, 0) is 12.7 Å². The van der Waals surface area contributed by atoms with Crippen LogP contribution in [0.1, 0.15) is 24.1 Å². The van der Waals surface area contributed by atoms with E-state index in [-0.39, 0.29) is 5.56 Å². The summed E-state index contributed by atoms with van der Waals surface area (Å²) in [5.74, 6) is -0.910. The van der Waals surface area contributed by atoms with Crippen LogP contribution in [-0.4, -0.2) is 11.0 Å². The van der Waals surface area contributed by atoms with Gasteiger partial charge in [-0.05, 0) is 31.0 Å². The van der Waals surface area contributed by atoms with Gasteiger partial charge in [-0.1, -0.05) is 0 Å². The van der Waals surface area contributed by atoms with Gasteiger partial charge < -0.3 is 5.32 Å². The van der Waals surface area contributed by atoms with E-state index in [1.54, 1.807) is 5.38 Å². The average molecular weight is 316 g/mol. The van der Waals surface area contributed by atoms with E-state index < -0.39 is 17.6 Å². The first-order chi connectivity index (χ1) is 9.91. The number of alkyl halides is 3. The van der Waals surface area contributed by atoms with E-state index in [9.17, 15) is 17.6 Å². The zero-order chi connectivity index (χ0) is 15.0. The minimum absolute atomic E-state index is 0.157. The third-order valence-electron chi connectivity index (χ3n) is 3.17. The van der Waals surface area contributed by atoms with Crippen molar-refractivity contribution in [2.45, 2.75) is 31.6 Å². The summed E-state index contributed by atoms with van der Waals surface area (Å²) >= 11 is 1.22. The molecule has 1 saturated carbocycles. The van der Waals surface area contributed by atoms with Crippen molar-refractivity contribution in [3.63, 3.8) is 0 Å². The molecule has 0 unspecified atom stereocenters. The molecule has 21 heavy (non-hydrogen) atoms. The molecule has 0 spiro atoms. The Morgan fingerprint density at radius 3 is 2.67 bits per heavy atom. The van der Waals surface area contributed by atoms with E-state index in [1.165, 1.54) is 11.3 Å².